The molecule has 2 N–H and O–H groups in total. The molecule has 0 aliphatic rings. The Hall–Kier alpha value is -1.68. The van der Waals surface area contributed by atoms with Crippen LogP contribution in [0.2, 0.25) is 0 Å². The van der Waals surface area contributed by atoms with Crippen LogP contribution in [0.5, 0.6) is 5.75 Å². The Kier molecular flexibility index (Phi) is 3.57. The number of nitrogens with two attached hydrogens (primary N) is 1. The standard InChI is InChI=1S/C11H13NO3/c1-7(12)11(14)15-10-5-3-9(4-6-10)8(2)13/h3-7H,12H2,1-2H3/t7-/m0/s1. The maximum atomic E-state index is 11.1. The van der Waals surface area contributed by atoms with Gasteiger partial charge in [0.15, 0.2) is 5.78 Å². The Morgan fingerprint density at radius 2 is 1.80 bits per heavy atom. The molecule has 1 aromatic rings. The fraction of sp³-hybridized carbons (Fsp3) is 0.273. The third kappa shape index (κ3) is 3.18. The number of rotatable bonds is 3. The summed E-state index contributed by atoms with van der Waals surface area (Å²) in [5.41, 5.74) is 5.91. The van der Waals surface area contributed by atoms with E-state index in [0.717, 1.165) is 0 Å². The molecule has 0 bridgehead atoms. The molecule has 4 heteroatoms. The first-order chi connectivity index (χ1) is 7.00. The van der Waals surface area contributed by atoms with E-state index in [4.69, 9.17) is 10.5 Å². The number of carbonyl (C=O) groups excluding carboxylic acids is 2. The zero-order valence-electron chi connectivity index (χ0n) is 8.69. The average molecular weight is 207 g/mol. The third-order valence-corrected chi connectivity index (χ3v) is 1.85. The largest absolute Gasteiger partial charge is 0.425 e. The van der Waals surface area contributed by atoms with Crippen molar-refractivity contribution in [3.63, 3.8) is 0 Å². The van der Waals surface area contributed by atoms with Gasteiger partial charge < -0.3 is 10.5 Å². The second kappa shape index (κ2) is 4.70. The van der Waals surface area contributed by atoms with E-state index in [-0.39, 0.29) is 5.78 Å². The molecule has 0 spiro atoms. The zero-order chi connectivity index (χ0) is 11.4. The number of Topliss-reactive ketones (excluding diaryl/α,β-unsaturated/α-hetero) is 1. The number of benzene rings is 1. The van der Waals surface area contributed by atoms with E-state index in [0.29, 0.717) is 11.3 Å². The summed E-state index contributed by atoms with van der Waals surface area (Å²) in [5, 5.41) is 0. The number of carbonyl (C=O) groups is 2. The van der Waals surface area contributed by atoms with Crippen molar-refractivity contribution in [2.24, 2.45) is 5.73 Å². The van der Waals surface area contributed by atoms with Gasteiger partial charge in [-0.05, 0) is 38.1 Å². The van der Waals surface area contributed by atoms with Crippen LogP contribution in [0.15, 0.2) is 24.3 Å². The lowest BCUT2D eigenvalue weighted by Crippen LogP contribution is -2.30. The van der Waals surface area contributed by atoms with E-state index in [1.165, 1.54) is 6.92 Å². The summed E-state index contributed by atoms with van der Waals surface area (Å²) in [4.78, 5) is 22.1. The van der Waals surface area contributed by atoms with Gasteiger partial charge in [0.1, 0.15) is 11.8 Å². The summed E-state index contributed by atoms with van der Waals surface area (Å²) >= 11 is 0. The van der Waals surface area contributed by atoms with Crippen LogP contribution in [-0.2, 0) is 4.79 Å². The monoisotopic (exact) mass is 207 g/mol. The summed E-state index contributed by atoms with van der Waals surface area (Å²) in [5.74, 6) is -0.132. The smallest absolute Gasteiger partial charge is 0.328 e. The van der Waals surface area contributed by atoms with Gasteiger partial charge in [0.05, 0.1) is 0 Å². The van der Waals surface area contributed by atoms with Crippen LogP contribution in [0.1, 0.15) is 24.2 Å². The molecule has 80 valence electrons. The molecule has 0 aromatic heterocycles. The van der Waals surface area contributed by atoms with E-state index in [1.807, 2.05) is 0 Å². The second-order valence-corrected chi connectivity index (χ2v) is 3.29. The van der Waals surface area contributed by atoms with Crippen LogP contribution in [0.3, 0.4) is 0 Å². The lowest BCUT2D eigenvalue weighted by atomic mass is 10.1. The van der Waals surface area contributed by atoms with Crippen molar-refractivity contribution in [2.75, 3.05) is 0 Å². The van der Waals surface area contributed by atoms with Crippen molar-refractivity contribution in [3.05, 3.63) is 29.8 Å². The molecule has 4 nitrogen and oxygen atoms in total. The molecule has 0 fully saturated rings. The van der Waals surface area contributed by atoms with Crippen molar-refractivity contribution in [2.45, 2.75) is 19.9 Å². The number of esters is 1. The van der Waals surface area contributed by atoms with Crippen molar-refractivity contribution in [1.29, 1.82) is 0 Å². The zero-order valence-corrected chi connectivity index (χ0v) is 8.69. The molecular formula is C11H13NO3. The molecule has 1 rings (SSSR count). The quantitative estimate of drug-likeness (QED) is 0.458. The molecule has 1 aromatic carbocycles. The normalized spacial score (nSPS) is 11.9. The third-order valence-electron chi connectivity index (χ3n) is 1.85. The van der Waals surface area contributed by atoms with E-state index in [9.17, 15) is 9.59 Å². The van der Waals surface area contributed by atoms with E-state index in [2.05, 4.69) is 0 Å². The number of ether oxygens (including phenoxy) is 1. The number of ketones is 1. The van der Waals surface area contributed by atoms with E-state index >= 15 is 0 Å². The maximum absolute atomic E-state index is 11.1. The first-order valence-corrected chi connectivity index (χ1v) is 4.59. The summed E-state index contributed by atoms with van der Waals surface area (Å²) < 4.78 is 4.94. The molecule has 1 atom stereocenters. The van der Waals surface area contributed by atoms with Gasteiger partial charge in [-0.1, -0.05) is 0 Å². The fourth-order valence-corrected chi connectivity index (χ4v) is 0.967. The SMILES string of the molecule is CC(=O)c1ccc(OC(=O)[C@H](C)N)cc1. The summed E-state index contributed by atoms with van der Waals surface area (Å²) in [7, 11) is 0. The van der Waals surface area contributed by atoms with Crippen LogP contribution in [0.25, 0.3) is 0 Å². The van der Waals surface area contributed by atoms with Gasteiger partial charge in [-0.3, -0.25) is 4.79 Å². The van der Waals surface area contributed by atoms with Crippen molar-refractivity contribution in [3.8, 4) is 5.75 Å². The van der Waals surface area contributed by atoms with Crippen LogP contribution in [0, 0.1) is 0 Å². The molecular weight excluding hydrogens is 194 g/mol. The molecule has 0 heterocycles. The Morgan fingerprint density at radius 3 is 2.20 bits per heavy atom. The molecule has 0 saturated carbocycles. The lowest BCUT2D eigenvalue weighted by molar-refractivity contribution is -0.135. The van der Waals surface area contributed by atoms with Crippen molar-refractivity contribution in [1.82, 2.24) is 0 Å². The predicted molar refractivity (Wildman–Crippen MR) is 55.7 cm³/mol. The number of hydrogen-bond donors (Lipinski definition) is 1. The van der Waals surface area contributed by atoms with Gasteiger partial charge in [0.2, 0.25) is 0 Å². The fourth-order valence-electron chi connectivity index (χ4n) is 0.967. The van der Waals surface area contributed by atoms with Crippen LogP contribution in [0.4, 0.5) is 0 Å². The minimum absolute atomic E-state index is 0.0277. The van der Waals surface area contributed by atoms with Crippen LogP contribution >= 0.6 is 0 Å². The minimum atomic E-state index is -0.655. The van der Waals surface area contributed by atoms with Gasteiger partial charge in [-0.25, -0.2) is 4.79 Å². The summed E-state index contributed by atoms with van der Waals surface area (Å²) in [6.07, 6.45) is 0. The second-order valence-electron chi connectivity index (χ2n) is 3.29. The first kappa shape index (κ1) is 11.4. The molecule has 15 heavy (non-hydrogen) atoms. The lowest BCUT2D eigenvalue weighted by Gasteiger charge is -2.06. The highest BCUT2D eigenvalue weighted by Gasteiger charge is 2.10. The van der Waals surface area contributed by atoms with E-state index < -0.39 is 12.0 Å². The highest BCUT2D eigenvalue weighted by atomic mass is 16.5. The van der Waals surface area contributed by atoms with Gasteiger partial charge in [-0.2, -0.15) is 0 Å². The molecule has 0 saturated heterocycles. The van der Waals surface area contributed by atoms with Crippen LogP contribution < -0.4 is 10.5 Å². The van der Waals surface area contributed by atoms with Crippen molar-refractivity contribution < 1.29 is 14.3 Å². The first-order valence-electron chi connectivity index (χ1n) is 4.59. The Balaban J connectivity index is 2.73. The van der Waals surface area contributed by atoms with Gasteiger partial charge in [0, 0.05) is 5.56 Å². The molecule has 0 aliphatic carbocycles. The van der Waals surface area contributed by atoms with E-state index in [1.54, 1.807) is 31.2 Å². The topological polar surface area (TPSA) is 69.4 Å². The summed E-state index contributed by atoms with van der Waals surface area (Å²) in [6.45, 7) is 3.02. The minimum Gasteiger partial charge on any atom is -0.425 e. The average Bonchev–Trinajstić information content (AvgIpc) is 2.18. The highest BCUT2D eigenvalue weighted by Crippen LogP contribution is 2.12. The van der Waals surface area contributed by atoms with Crippen molar-refractivity contribution >= 4 is 11.8 Å². The molecule has 0 unspecified atom stereocenters. The molecule has 0 radical (unpaired) electrons. The predicted octanol–water partition coefficient (Wildman–Crippen LogP) is 1.14. The molecule has 0 amide bonds. The van der Waals surface area contributed by atoms with Crippen LogP contribution in [-0.4, -0.2) is 17.8 Å². The maximum Gasteiger partial charge on any atom is 0.328 e. The van der Waals surface area contributed by atoms with Gasteiger partial charge >= 0.3 is 5.97 Å². The van der Waals surface area contributed by atoms with Gasteiger partial charge in [0.25, 0.3) is 0 Å². The molecule has 0 aliphatic heterocycles. The summed E-state index contributed by atoms with van der Waals surface area (Å²) in [6, 6.07) is 5.68. The highest BCUT2D eigenvalue weighted by molar-refractivity contribution is 5.94. The number of hydrogen-bond acceptors (Lipinski definition) is 4. The Bertz CT molecular complexity index is 368. The van der Waals surface area contributed by atoms with Gasteiger partial charge in [-0.15, -0.1) is 0 Å². The Labute approximate surface area is 88.0 Å². The Morgan fingerprint density at radius 1 is 1.27 bits per heavy atom.